The first-order chi connectivity index (χ1) is 10.7. The molecule has 1 aromatic carbocycles. The standard InChI is InChI=1S/C17H20NO4/c1-21-17(20)13-9-7-12(8-10-13)15-16(19)18(11-22-15)14-5-3-2-4-6-14/h7-11,14-15H,2-6H2,1H3/q-1. The van der Waals surface area contributed by atoms with E-state index in [1.807, 2.05) is 0 Å². The van der Waals surface area contributed by atoms with Gasteiger partial charge >= 0.3 is 5.97 Å². The summed E-state index contributed by atoms with van der Waals surface area (Å²) >= 11 is 0. The molecule has 22 heavy (non-hydrogen) atoms. The van der Waals surface area contributed by atoms with Crippen LogP contribution in [0.3, 0.4) is 0 Å². The molecule has 1 saturated carbocycles. The Balaban J connectivity index is 1.70. The number of ether oxygens (including phenoxy) is 2. The minimum atomic E-state index is -0.603. The SMILES string of the molecule is COC(=O)c1ccc(C2O[CH-]N(C3CCCCC3)C2=O)cc1. The zero-order valence-electron chi connectivity index (χ0n) is 12.7. The van der Waals surface area contributed by atoms with Crippen molar-refractivity contribution in [3.63, 3.8) is 0 Å². The third kappa shape index (κ3) is 2.86. The lowest BCUT2D eigenvalue weighted by Crippen LogP contribution is -2.36. The Bertz CT molecular complexity index is 548. The Kier molecular flexibility index (Phi) is 4.43. The van der Waals surface area contributed by atoms with E-state index < -0.39 is 6.10 Å². The van der Waals surface area contributed by atoms with Crippen LogP contribution in [0.1, 0.15) is 54.1 Å². The summed E-state index contributed by atoms with van der Waals surface area (Å²) in [4.78, 5) is 25.7. The van der Waals surface area contributed by atoms with Gasteiger partial charge in [0.1, 0.15) is 6.10 Å². The summed E-state index contributed by atoms with van der Waals surface area (Å²) in [5, 5.41) is 0. The average molecular weight is 302 g/mol. The fourth-order valence-corrected chi connectivity index (χ4v) is 3.13. The van der Waals surface area contributed by atoms with Crippen LogP contribution in [-0.2, 0) is 14.3 Å². The van der Waals surface area contributed by atoms with Crippen LogP contribution in [-0.4, -0.2) is 29.9 Å². The van der Waals surface area contributed by atoms with Crippen molar-refractivity contribution in [3.05, 3.63) is 42.1 Å². The van der Waals surface area contributed by atoms with Crippen LogP contribution in [0, 0.1) is 6.73 Å². The van der Waals surface area contributed by atoms with E-state index in [1.54, 1.807) is 35.9 Å². The number of nitrogens with zero attached hydrogens (tertiary/aromatic N) is 1. The molecule has 0 spiro atoms. The normalized spacial score (nSPS) is 22.9. The van der Waals surface area contributed by atoms with Gasteiger partial charge in [-0.05, 0) is 30.5 Å². The molecule has 3 rings (SSSR count). The second kappa shape index (κ2) is 6.48. The highest BCUT2D eigenvalue weighted by atomic mass is 16.5. The van der Waals surface area contributed by atoms with Crippen LogP contribution in [0.4, 0.5) is 0 Å². The largest absolute Gasteiger partial charge is 0.519 e. The molecular formula is C17H20NO4-. The van der Waals surface area contributed by atoms with Crippen molar-refractivity contribution in [1.29, 1.82) is 0 Å². The smallest absolute Gasteiger partial charge is 0.337 e. The molecule has 0 radical (unpaired) electrons. The van der Waals surface area contributed by atoms with E-state index in [0.717, 1.165) is 18.4 Å². The first kappa shape index (κ1) is 15.0. The number of hydrogen-bond acceptors (Lipinski definition) is 4. The maximum atomic E-state index is 12.6. The van der Waals surface area contributed by atoms with E-state index in [1.165, 1.54) is 26.4 Å². The van der Waals surface area contributed by atoms with E-state index >= 15 is 0 Å². The minimum absolute atomic E-state index is 0.0160. The lowest BCUT2D eigenvalue weighted by molar-refractivity contribution is -0.131. The second-order valence-electron chi connectivity index (χ2n) is 5.77. The van der Waals surface area contributed by atoms with Crippen molar-refractivity contribution < 1.29 is 19.1 Å². The van der Waals surface area contributed by atoms with Crippen molar-refractivity contribution in [2.75, 3.05) is 7.11 Å². The summed E-state index contributed by atoms with van der Waals surface area (Å²) in [6.07, 6.45) is 5.06. The van der Waals surface area contributed by atoms with E-state index in [4.69, 9.17) is 4.74 Å². The maximum absolute atomic E-state index is 12.6. The Morgan fingerprint density at radius 3 is 2.55 bits per heavy atom. The Morgan fingerprint density at radius 2 is 1.91 bits per heavy atom. The van der Waals surface area contributed by atoms with E-state index in [9.17, 15) is 9.59 Å². The van der Waals surface area contributed by atoms with Gasteiger partial charge in [-0.2, -0.15) is 0 Å². The van der Waals surface area contributed by atoms with Gasteiger partial charge in [-0.25, -0.2) is 4.79 Å². The highest BCUT2D eigenvalue weighted by Crippen LogP contribution is 2.34. The summed E-state index contributed by atoms with van der Waals surface area (Å²) in [5.41, 5.74) is 1.22. The predicted octanol–water partition coefficient (Wildman–Crippen LogP) is 2.83. The van der Waals surface area contributed by atoms with Gasteiger partial charge in [-0.15, -0.1) is 6.73 Å². The summed E-state index contributed by atoms with van der Waals surface area (Å²) in [6.45, 7) is 1.57. The van der Waals surface area contributed by atoms with Crippen molar-refractivity contribution in [2.45, 2.75) is 44.2 Å². The zero-order chi connectivity index (χ0) is 15.5. The van der Waals surface area contributed by atoms with Crippen molar-refractivity contribution in [3.8, 4) is 0 Å². The quantitative estimate of drug-likeness (QED) is 0.636. The third-order valence-electron chi connectivity index (χ3n) is 4.39. The highest BCUT2D eigenvalue weighted by molar-refractivity contribution is 5.90. The van der Waals surface area contributed by atoms with Crippen molar-refractivity contribution >= 4 is 11.9 Å². The molecule has 1 aliphatic carbocycles. The van der Waals surface area contributed by atoms with Gasteiger partial charge < -0.3 is 14.4 Å². The molecule has 1 amide bonds. The number of hydrogen-bond donors (Lipinski definition) is 0. The molecule has 1 aromatic rings. The first-order valence-corrected chi connectivity index (χ1v) is 7.70. The fourth-order valence-electron chi connectivity index (χ4n) is 3.13. The summed E-state index contributed by atoms with van der Waals surface area (Å²) in [7, 11) is 1.34. The van der Waals surface area contributed by atoms with Gasteiger partial charge in [-0.3, -0.25) is 4.79 Å². The number of esters is 1. The second-order valence-corrected chi connectivity index (χ2v) is 5.77. The maximum Gasteiger partial charge on any atom is 0.337 e. The molecule has 1 saturated heterocycles. The molecule has 2 aliphatic rings. The molecule has 1 unspecified atom stereocenters. The van der Waals surface area contributed by atoms with Gasteiger partial charge in [0, 0.05) is 6.04 Å². The van der Waals surface area contributed by atoms with Crippen LogP contribution in [0.25, 0.3) is 0 Å². The van der Waals surface area contributed by atoms with Crippen LogP contribution in [0.15, 0.2) is 24.3 Å². The van der Waals surface area contributed by atoms with Crippen molar-refractivity contribution in [1.82, 2.24) is 4.90 Å². The summed E-state index contributed by atoms with van der Waals surface area (Å²) in [5.74, 6) is -0.404. The molecule has 1 aliphatic heterocycles. The monoisotopic (exact) mass is 302 g/mol. The summed E-state index contributed by atoms with van der Waals surface area (Å²) in [6, 6.07) is 7.06. The number of amides is 1. The molecular weight excluding hydrogens is 282 g/mol. The van der Waals surface area contributed by atoms with Gasteiger partial charge in [0.15, 0.2) is 0 Å². The Morgan fingerprint density at radius 1 is 1.23 bits per heavy atom. The van der Waals surface area contributed by atoms with Crippen LogP contribution < -0.4 is 0 Å². The first-order valence-electron chi connectivity index (χ1n) is 7.70. The number of benzene rings is 1. The summed E-state index contributed by atoms with van der Waals surface area (Å²) < 4.78 is 10.2. The molecule has 0 N–H and O–H groups in total. The van der Waals surface area contributed by atoms with Crippen molar-refractivity contribution in [2.24, 2.45) is 0 Å². The lowest BCUT2D eigenvalue weighted by Gasteiger charge is -2.36. The number of rotatable bonds is 3. The van der Waals surface area contributed by atoms with Crippen LogP contribution in [0.2, 0.25) is 0 Å². The molecule has 0 aromatic heterocycles. The molecule has 1 heterocycles. The molecule has 0 bridgehead atoms. The molecule has 2 fully saturated rings. The topological polar surface area (TPSA) is 55.8 Å². The predicted molar refractivity (Wildman–Crippen MR) is 79.6 cm³/mol. The lowest BCUT2D eigenvalue weighted by atomic mass is 9.94. The Hall–Kier alpha value is -1.88. The molecule has 118 valence electrons. The number of carbonyl (C=O) groups is 2. The fraction of sp³-hybridized carbons (Fsp3) is 0.471. The zero-order valence-corrected chi connectivity index (χ0v) is 12.7. The molecule has 5 heteroatoms. The van der Waals surface area contributed by atoms with Gasteiger partial charge in [0.2, 0.25) is 5.91 Å². The number of methoxy groups -OCH3 is 1. The van der Waals surface area contributed by atoms with Crippen LogP contribution in [0.5, 0.6) is 0 Å². The van der Waals surface area contributed by atoms with Gasteiger partial charge in [0.25, 0.3) is 0 Å². The van der Waals surface area contributed by atoms with Gasteiger partial charge in [0.05, 0.1) is 12.7 Å². The molecule has 1 atom stereocenters. The minimum Gasteiger partial charge on any atom is -0.519 e. The van der Waals surface area contributed by atoms with Crippen LogP contribution >= 0.6 is 0 Å². The van der Waals surface area contributed by atoms with E-state index in [-0.39, 0.29) is 17.9 Å². The van der Waals surface area contributed by atoms with Gasteiger partial charge in [-0.1, -0.05) is 31.4 Å². The Labute approximate surface area is 130 Å². The van der Waals surface area contributed by atoms with E-state index in [2.05, 4.69) is 4.74 Å². The highest BCUT2D eigenvalue weighted by Gasteiger charge is 2.31. The van der Waals surface area contributed by atoms with E-state index in [0.29, 0.717) is 5.56 Å². The third-order valence-corrected chi connectivity index (χ3v) is 4.39. The number of carbonyl (C=O) groups excluding carboxylic acids is 2. The average Bonchev–Trinajstić information content (AvgIpc) is 2.96. The molecule has 5 nitrogen and oxygen atoms in total.